The number of benzene rings is 1. The Hall–Kier alpha value is -2.70. The van der Waals surface area contributed by atoms with Gasteiger partial charge >= 0.3 is 5.97 Å². The SMILES string of the molecule is CC(C)(C)N1CCN(CCCOc2ccc(/C=C/c3cnccc3C(=O)O)cc2)CC1. The molecule has 0 amide bonds. The minimum absolute atomic E-state index is 0.242. The molecule has 3 rings (SSSR count). The summed E-state index contributed by atoms with van der Waals surface area (Å²) < 4.78 is 5.89. The van der Waals surface area contributed by atoms with Crippen LogP contribution in [0, 0.1) is 0 Å². The van der Waals surface area contributed by atoms with Gasteiger partial charge in [-0.15, -0.1) is 0 Å². The molecule has 1 aliphatic rings. The first kappa shape index (κ1) is 23.0. The minimum Gasteiger partial charge on any atom is -0.494 e. The molecule has 0 atom stereocenters. The smallest absolute Gasteiger partial charge is 0.336 e. The van der Waals surface area contributed by atoms with Crippen LogP contribution in [0.1, 0.15) is 48.7 Å². The summed E-state index contributed by atoms with van der Waals surface area (Å²) in [6.07, 6.45) is 7.70. The Kier molecular flexibility index (Phi) is 7.82. The highest BCUT2D eigenvalue weighted by Crippen LogP contribution is 2.17. The molecule has 1 aromatic carbocycles. The number of aromatic carboxylic acids is 1. The lowest BCUT2D eigenvalue weighted by Gasteiger charge is -2.42. The van der Waals surface area contributed by atoms with Gasteiger partial charge in [0.15, 0.2) is 0 Å². The van der Waals surface area contributed by atoms with Crippen molar-refractivity contribution in [1.29, 1.82) is 0 Å². The quantitative estimate of drug-likeness (QED) is 0.644. The summed E-state index contributed by atoms with van der Waals surface area (Å²) in [4.78, 5) is 20.3. The van der Waals surface area contributed by atoms with Crippen molar-refractivity contribution in [3.05, 3.63) is 59.4 Å². The normalized spacial score (nSPS) is 16.0. The third-order valence-corrected chi connectivity index (χ3v) is 5.63. The molecule has 1 aromatic heterocycles. The fourth-order valence-electron chi connectivity index (χ4n) is 3.72. The first-order valence-corrected chi connectivity index (χ1v) is 10.9. The van der Waals surface area contributed by atoms with Crippen molar-refractivity contribution in [3.63, 3.8) is 0 Å². The third-order valence-electron chi connectivity index (χ3n) is 5.63. The van der Waals surface area contributed by atoms with Crippen LogP contribution in [-0.4, -0.2) is 70.7 Å². The number of hydrogen-bond donors (Lipinski definition) is 1. The zero-order valence-electron chi connectivity index (χ0n) is 18.8. The van der Waals surface area contributed by atoms with E-state index in [0.29, 0.717) is 12.2 Å². The van der Waals surface area contributed by atoms with Crippen LogP contribution in [-0.2, 0) is 0 Å². The zero-order valence-corrected chi connectivity index (χ0v) is 18.8. The van der Waals surface area contributed by atoms with Crippen molar-refractivity contribution in [2.45, 2.75) is 32.7 Å². The molecular weight excluding hydrogens is 390 g/mol. The largest absolute Gasteiger partial charge is 0.494 e. The van der Waals surface area contributed by atoms with Crippen LogP contribution < -0.4 is 4.74 Å². The number of carbonyl (C=O) groups is 1. The van der Waals surface area contributed by atoms with Crippen LogP contribution in [0.3, 0.4) is 0 Å². The van der Waals surface area contributed by atoms with E-state index in [-0.39, 0.29) is 11.1 Å². The van der Waals surface area contributed by atoms with Gasteiger partial charge in [0.2, 0.25) is 0 Å². The average Bonchev–Trinajstić information content (AvgIpc) is 2.76. The summed E-state index contributed by atoms with van der Waals surface area (Å²) >= 11 is 0. The van der Waals surface area contributed by atoms with Gasteiger partial charge in [-0.3, -0.25) is 9.88 Å². The molecule has 0 bridgehead atoms. The van der Waals surface area contributed by atoms with Crippen LogP contribution in [0.5, 0.6) is 5.75 Å². The molecule has 0 saturated carbocycles. The molecular formula is C25H33N3O3. The van der Waals surface area contributed by atoms with Crippen molar-refractivity contribution in [2.75, 3.05) is 39.3 Å². The van der Waals surface area contributed by atoms with Crippen molar-refractivity contribution in [2.24, 2.45) is 0 Å². The second kappa shape index (κ2) is 10.6. The first-order valence-electron chi connectivity index (χ1n) is 10.9. The Morgan fingerprint density at radius 1 is 1.10 bits per heavy atom. The summed E-state index contributed by atoms with van der Waals surface area (Å²) in [5, 5.41) is 9.25. The lowest BCUT2D eigenvalue weighted by Crippen LogP contribution is -2.53. The summed E-state index contributed by atoms with van der Waals surface area (Å²) in [6, 6.07) is 9.33. The number of aromatic nitrogens is 1. The van der Waals surface area contributed by atoms with E-state index in [0.717, 1.165) is 50.5 Å². The molecule has 31 heavy (non-hydrogen) atoms. The average molecular weight is 424 g/mol. The van der Waals surface area contributed by atoms with Crippen molar-refractivity contribution in [1.82, 2.24) is 14.8 Å². The summed E-state index contributed by atoms with van der Waals surface area (Å²) in [5.74, 6) is -0.107. The van der Waals surface area contributed by atoms with Gasteiger partial charge in [0.05, 0.1) is 12.2 Å². The Balaban J connectivity index is 1.41. The molecule has 1 saturated heterocycles. The number of hydrogen-bond acceptors (Lipinski definition) is 5. The maximum absolute atomic E-state index is 11.3. The van der Waals surface area contributed by atoms with E-state index in [2.05, 4.69) is 35.6 Å². The van der Waals surface area contributed by atoms with Crippen LogP contribution in [0.2, 0.25) is 0 Å². The van der Waals surface area contributed by atoms with Crippen LogP contribution >= 0.6 is 0 Å². The van der Waals surface area contributed by atoms with E-state index in [1.807, 2.05) is 30.3 Å². The zero-order chi connectivity index (χ0) is 22.3. The highest BCUT2D eigenvalue weighted by atomic mass is 16.5. The fraction of sp³-hybridized carbons (Fsp3) is 0.440. The molecule has 6 nitrogen and oxygen atoms in total. The van der Waals surface area contributed by atoms with E-state index in [4.69, 9.17) is 4.74 Å². The molecule has 1 aliphatic heterocycles. The van der Waals surface area contributed by atoms with E-state index < -0.39 is 5.97 Å². The third kappa shape index (κ3) is 6.91. The van der Waals surface area contributed by atoms with Crippen molar-refractivity contribution in [3.8, 4) is 5.75 Å². The number of ether oxygens (including phenoxy) is 1. The summed E-state index contributed by atoms with van der Waals surface area (Å²) in [6.45, 7) is 13.1. The standard InChI is InChI=1S/C25H33N3O3/c1-25(2,3)28-16-14-27(15-17-28)13-4-18-31-22-9-6-20(7-10-22)5-8-21-19-26-12-11-23(21)24(29)30/h5-12,19H,4,13-18H2,1-3H3,(H,29,30)/b8-5+. The Morgan fingerprint density at radius 3 is 2.45 bits per heavy atom. The summed E-state index contributed by atoms with van der Waals surface area (Å²) in [7, 11) is 0. The molecule has 0 aliphatic carbocycles. The van der Waals surface area contributed by atoms with Gasteiger partial charge in [-0.25, -0.2) is 4.79 Å². The number of carboxylic acids is 1. The molecule has 0 spiro atoms. The second-order valence-electron chi connectivity index (χ2n) is 8.87. The number of rotatable bonds is 8. The van der Waals surface area contributed by atoms with Gasteiger partial charge in [-0.05, 0) is 51.0 Å². The van der Waals surface area contributed by atoms with Crippen molar-refractivity contribution < 1.29 is 14.6 Å². The Bertz CT molecular complexity index is 880. The van der Waals surface area contributed by atoms with Gasteiger partial charge < -0.3 is 14.7 Å². The number of piperazine rings is 1. The molecule has 2 heterocycles. The van der Waals surface area contributed by atoms with E-state index in [9.17, 15) is 9.90 Å². The molecule has 166 valence electrons. The van der Waals surface area contributed by atoms with Gasteiger partial charge in [-0.2, -0.15) is 0 Å². The molecule has 2 aromatic rings. The summed E-state index contributed by atoms with van der Waals surface area (Å²) in [5.41, 5.74) is 2.06. The molecule has 1 N–H and O–H groups in total. The maximum Gasteiger partial charge on any atom is 0.336 e. The monoisotopic (exact) mass is 423 g/mol. The van der Waals surface area contributed by atoms with Gasteiger partial charge in [0.1, 0.15) is 5.75 Å². The minimum atomic E-state index is -0.957. The highest BCUT2D eigenvalue weighted by Gasteiger charge is 2.25. The van der Waals surface area contributed by atoms with Crippen molar-refractivity contribution >= 4 is 18.1 Å². The van der Waals surface area contributed by atoms with Gasteiger partial charge in [-0.1, -0.05) is 24.3 Å². The van der Waals surface area contributed by atoms with Gasteiger partial charge in [0.25, 0.3) is 0 Å². The van der Waals surface area contributed by atoms with E-state index >= 15 is 0 Å². The lowest BCUT2D eigenvalue weighted by atomic mass is 10.0. The highest BCUT2D eigenvalue weighted by molar-refractivity contribution is 5.93. The Labute approximate surface area is 185 Å². The maximum atomic E-state index is 11.3. The van der Waals surface area contributed by atoms with Gasteiger partial charge in [0, 0.05) is 56.2 Å². The number of nitrogens with zero attached hydrogens (tertiary/aromatic N) is 3. The fourth-order valence-corrected chi connectivity index (χ4v) is 3.72. The first-order chi connectivity index (χ1) is 14.8. The second-order valence-corrected chi connectivity index (χ2v) is 8.87. The Morgan fingerprint density at radius 2 is 1.81 bits per heavy atom. The number of pyridine rings is 1. The lowest BCUT2D eigenvalue weighted by molar-refractivity contribution is 0.0601. The molecule has 0 radical (unpaired) electrons. The number of carboxylic acid groups (broad SMARTS) is 1. The predicted molar refractivity (Wildman–Crippen MR) is 124 cm³/mol. The van der Waals surface area contributed by atoms with E-state index in [1.54, 1.807) is 12.3 Å². The molecule has 1 fully saturated rings. The van der Waals surface area contributed by atoms with Crippen LogP contribution in [0.4, 0.5) is 0 Å². The molecule has 0 unspecified atom stereocenters. The molecule has 6 heteroatoms. The van der Waals surface area contributed by atoms with Crippen LogP contribution in [0.15, 0.2) is 42.7 Å². The van der Waals surface area contributed by atoms with Crippen LogP contribution in [0.25, 0.3) is 12.2 Å². The topological polar surface area (TPSA) is 65.9 Å². The van der Waals surface area contributed by atoms with E-state index in [1.165, 1.54) is 12.3 Å². The predicted octanol–water partition coefficient (Wildman–Crippen LogP) is 4.14.